The number of rotatable bonds is 11. The lowest BCUT2D eigenvalue weighted by atomic mass is 10.2. The van der Waals surface area contributed by atoms with Crippen LogP contribution in [0.3, 0.4) is 0 Å². The summed E-state index contributed by atoms with van der Waals surface area (Å²) in [5.74, 6) is -0.0104. The van der Waals surface area contributed by atoms with Crippen LogP contribution in [0.15, 0.2) is 54.5 Å². The minimum atomic E-state index is -0.535. The molecule has 0 aliphatic heterocycles. The van der Waals surface area contributed by atoms with Crippen molar-refractivity contribution in [1.82, 2.24) is 4.90 Å². The highest BCUT2D eigenvalue weighted by Gasteiger charge is 2.14. The van der Waals surface area contributed by atoms with Gasteiger partial charge >= 0.3 is 5.97 Å². The topological polar surface area (TPSA) is 66.8 Å². The smallest absolute Gasteiger partial charge is 0.338 e. The molecule has 0 bridgehead atoms. The van der Waals surface area contributed by atoms with Crippen molar-refractivity contribution in [3.8, 4) is 0 Å². The van der Waals surface area contributed by atoms with Gasteiger partial charge in [0.05, 0.1) is 5.56 Å². The molecule has 0 aromatic heterocycles. The Balaban J connectivity index is 2.50. The average molecular weight is 349 g/mol. The number of hydrogen-bond donors (Lipinski definition) is 1. The number of benzene rings is 1. The van der Waals surface area contributed by atoms with E-state index in [1.165, 1.54) is 4.90 Å². The van der Waals surface area contributed by atoms with Crippen LogP contribution in [0, 0.1) is 0 Å². The van der Waals surface area contributed by atoms with Gasteiger partial charge in [-0.1, -0.05) is 12.2 Å². The van der Waals surface area contributed by atoms with Gasteiger partial charge in [0.15, 0.2) is 6.61 Å². The largest absolute Gasteiger partial charge is 0.452 e. The zero-order valence-corrected chi connectivity index (χ0v) is 14.5. The molecule has 0 fully saturated rings. The SMILES string of the molecule is C=CCN(CC=C)C(=O)COC(=O)c1ccc(SCCCO)cc1. The molecule has 1 aromatic rings. The summed E-state index contributed by atoms with van der Waals surface area (Å²) in [5.41, 5.74) is 0.397. The number of esters is 1. The van der Waals surface area contributed by atoms with E-state index in [2.05, 4.69) is 13.2 Å². The maximum atomic E-state index is 12.0. The first-order chi connectivity index (χ1) is 11.6. The number of nitrogens with zero attached hydrogens (tertiary/aromatic N) is 1. The summed E-state index contributed by atoms with van der Waals surface area (Å²) in [4.78, 5) is 26.5. The zero-order chi connectivity index (χ0) is 17.8. The molecule has 0 saturated carbocycles. The quantitative estimate of drug-likeness (QED) is 0.288. The number of ether oxygens (including phenoxy) is 1. The second kappa shape index (κ2) is 11.5. The predicted molar refractivity (Wildman–Crippen MR) is 96.1 cm³/mol. The first-order valence-corrected chi connectivity index (χ1v) is 8.61. The Kier molecular flexibility index (Phi) is 9.56. The highest BCUT2D eigenvalue weighted by molar-refractivity contribution is 7.99. The molecule has 0 aliphatic carbocycles. The van der Waals surface area contributed by atoms with Gasteiger partial charge in [0, 0.05) is 30.3 Å². The normalized spacial score (nSPS) is 10.0. The van der Waals surface area contributed by atoms with Crippen molar-refractivity contribution in [1.29, 1.82) is 0 Å². The molecule has 130 valence electrons. The molecular weight excluding hydrogens is 326 g/mol. The van der Waals surface area contributed by atoms with Crippen LogP contribution in [0.1, 0.15) is 16.8 Å². The third kappa shape index (κ3) is 7.02. The van der Waals surface area contributed by atoms with Gasteiger partial charge in [0.1, 0.15) is 0 Å². The number of aliphatic hydroxyl groups is 1. The minimum Gasteiger partial charge on any atom is -0.452 e. The number of hydrogen-bond acceptors (Lipinski definition) is 5. The standard InChI is InChI=1S/C18H23NO4S/c1-3-10-19(11-4-2)17(21)14-23-18(22)15-6-8-16(9-7-15)24-13-5-12-20/h3-4,6-9,20H,1-2,5,10-14H2. The van der Waals surface area contributed by atoms with Crippen LogP contribution < -0.4 is 0 Å². The maximum absolute atomic E-state index is 12.0. The van der Waals surface area contributed by atoms with Gasteiger partial charge in [-0.3, -0.25) is 4.79 Å². The van der Waals surface area contributed by atoms with Crippen LogP contribution in [0.4, 0.5) is 0 Å². The van der Waals surface area contributed by atoms with E-state index >= 15 is 0 Å². The highest BCUT2D eigenvalue weighted by atomic mass is 32.2. The molecule has 0 aliphatic rings. The van der Waals surface area contributed by atoms with E-state index in [9.17, 15) is 9.59 Å². The summed E-state index contributed by atoms with van der Waals surface area (Å²) in [6.07, 6.45) is 3.94. The van der Waals surface area contributed by atoms with Gasteiger partial charge in [-0.15, -0.1) is 24.9 Å². The predicted octanol–water partition coefficient (Wildman–Crippen LogP) is 2.52. The Morgan fingerprint density at radius 3 is 2.33 bits per heavy atom. The fourth-order valence-corrected chi connectivity index (χ4v) is 2.67. The molecule has 0 heterocycles. The van der Waals surface area contributed by atoms with Gasteiger partial charge in [-0.25, -0.2) is 4.79 Å². The molecule has 5 nitrogen and oxygen atoms in total. The molecule has 0 radical (unpaired) electrons. The second-order valence-corrected chi connectivity index (χ2v) is 6.07. The fourth-order valence-electron chi connectivity index (χ4n) is 1.83. The molecule has 1 aromatic carbocycles. The van der Waals surface area contributed by atoms with E-state index in [0.29, 0.717) is 18.7 Å². The lowest BCUT2D eigenvalue weighted by molar-refractivity contribution is -0.133. The Labute approximate surface area is 147 Å². The number of carbonyl (C=O) groups excluding carboxylic acids is 2. The van der Waals surface area contributed by atoms with Crippen LogP contribution in [0.25, 0.3) is 0 Å². The van der Waals surface area contributed by atoms with E-state index in [0.717, 1.165) is 17.1 Å². The van der Waals surface area contributed by atoms with Crippen LogP contribution >= 0.6 is 11.8 Å². The average Bonchev–Trinajstić information content (AvgIpc) is 2.60. The van der Waals surface area contributed by atoms with Crippen molar-refractivity contribution in [3.05, 3.63) is 55.1 Å². The summed E-state index contributed by atoms with van der Waals surface area (Å²) in [6, 6.07) is 6.98. The summed E-state index contributed by atoms with van der Waals surface area (Å²) >= 11 is 1.61. The third-order valence-corrected chi connectivity index (χ3v) is 4.14. The Hall–Kier alpha value is -2.05. The van der Waals surface area contributed by atoms with E-state index < -0.39 is 5.97 Å². The molecule has 1 rings (SSSR count). The lowest BCUT2D eigenvalue weighted by Crippen LogP contribution is -2.35. The van der Waals surface area contributed by atoms with E-state index in [4.69, 9.17) is 9.84 Å². The summed E-state index contributed by atoms with van der Waals surface area (Å²) < 4.78 is 5.06. The summed E-state index contributed by atoms with van der Waals surface area (Å²) in [7, 11) is 0. The first-order valence-electron chi connectivity index (χ1n) is 7.62. The maximum Gasteiger partial charge on any atom is 0.338 e. The first kappa shape index (κ1) is 20.0. The van der Waals surface area contributed by atoms with Crippen LogP contribution in [0.5, 0.6) is 0 Å². The van der Waals surface area contributed by atoms with E-state index in [-0.39, 0.29) is 19.1 Å². The van der Waals surface area contributed by atoms with Gasteiger partial charge in [0.25, 0.3) is 5.91 Å². The van der Waals surface area contributed by atoms with Crippen molar-refractivity contribution < 1.29 is 19.4 Å². The van der Waals surface area contributed by atoms with E-state index in [1.807, 2.05) is 12.1 Å². The van der Waals surface area contributed by atoms with Gasteiger partial charge < -0.3 is 14.7 Å². The number of carbonyl (C=O) groups is 2. The highest BCUT2D eigenvalue weighted by Crippen LogP contribution is 2.19. The van der Waals surface area contributed by atoms with Gasteiger partial charge in [-0.2, -0.15) is 0 Å². The molecule has 0 spiro atoms. The fraction of sp³-hybridized carbons (Fsp3) is 0.333. The second-order valence-electron chi connectivity index (χ2n) is 4.90. The number of thioether (sulfide) groups is 1. The summed E-state index contributed by atoms with van der Waals surface area (Å²) in [6.45, 7) is 7.79. The lowest BCUT2D eigenvalue weighted by Gasteiger charge is -2.18. The van der Waals surface area contributed by atoms with Crippen LogP contribution in [0.2, 0.25) is 0 Å². The zero-order valence-electron chi connectivity index (χ0n) is 13.6. The molecule has 24 heavy (non-hydrogen) atoms. The van der Waals surface area contributed by atoms with Crippen molar-refractivity contribution in [2.75, 3.05) is 32.1 Å². The van der Waals surface area contributed by atoms with Crippen molar-refractivity contribution in [3.63, 3.8) is 0 Å². The monoisotopic (exact) mass is 349 g/mol. The number of amides is 1. The van der Waals surface area contributed by atoms with Gasteiger partial charge in [0.2, 0.25) is 0 Å². The molecule has 6 heteroatoms. The van der Waals surface area contributed by atoms with Crippen molar-refractivity contribution >= 4 is 23.6 Å². The molecule has 0 unspecified atom stereocenters. The molecule has 0 saturated heterocycles. The van der Waals surface area contributed by atoms with E-state index in [1.54, 1.807) is 36.0 Å². The van der Waals surface area contributed by atoms with Crippen LogP contribution in [-0.2, 0) is 9.53 Å². The van der Waals surface area contributed by atoms with Crippen molar-refractivity contribution in [2.45, 2.75) is 11.3 Å². The Morgan fingerprint density at radius 1 is 1.17 bits per heavy atom. The molecule has 1 amide bonds. The van der Waals surface area contributed by atoms with Gasteiger partial charge in [-0.05, 0) is 30.7 Å². The number of aliphatic hydroxyl groups excluding tert-OH is 1. The third-order valence-electron chi connectivity index (χ3n) is 3.04. The Morgan fingerprint density at radius 2 is 1.79 bits per heavy atom. The van der Waals surface area contributed by atoms with Crippen LogP contribution in [-0.4, -0.2) is 53.9 Å². The minimum absolute atomic E-state index is 0.167. The Bertz CT molecular complexity index is 547. The molecular formula is C18H23NO4S. The van der Waals surface area contributed by atoms with Crippen molar-refractivity contribution in [2.24, 2.45) is 0 Å². The molecule has 0 atom stereocenters. The summed E-state index contributed by atoms with van der Waals surface area (Å²) in [5, 5.41) is 8.75. The molecule has 1 N–H and O–H groups in total.